The van der Waals surface area contributed by atoms with Crippen molar-refractivity contribution in [2.75, 3.05) is 115 Å². The number of esters is 5. The van der Waals surface area contributed by atoms with Crippen LogP contribution in [-0.4, -0.2) is 266 Å². The summed E-state index contributed by atoms with van der Waals surface area (Å²) in [7, 11) is 7.09. The van der Waals surface area contributed by atoms with E-state index in [1.165, 1.54) is 138 Å². The number of amides is 8. The fourth-order valence-electron chi connectivity index (χ4n) is 15.4. The molecule has 5 saturated heterocycles. The van der Waals surface area contributed by atoms with Crippen LogP contribution in [0.3, 0.4) is 0 Å². The highest BCUT2D eigenvalue weighted by Gasteiger charge is 2.67. The Morgan fingerprint density at radius 3 is 1.12 bits per heavy atom. The molecule has 123 heavy (non-hydrogen) atoms. The molecule has 8 amide bonds. The van der Waals surface area contributed by atoms with Crippen molar-refractivity contribution in [2.45, 2.75) is 326 Å². The van der Waals surface area contributed by atoms with Gasteiger partial charge in [0, 0.05) is 65.8 Å². The first-order chi connectivity index (χ1) is 58.1. The number of nitrogens with one attached hydrogen (secondary N) is 2. The number of fused-ring (bicyclic) bond motifs is 11. The Hall–Kier alpha value is -7.40. The molecule has 706 valence electrons. The van der Waals surface area contributed by atoms with Crippen LogP contribution in [0.5, 0.6) is 0 Å². The predicted octanol–water partition coefficient (Wildman–Crippen LogP) is 13.6. The SMILES string of the molecule is C1CC2C(C1)C1CC2C2OC12.C1CCC2OC2C1.C1CCC2OC2C1.C1CCC2OC2C1.CCC(=O)NCNC(=O)N(C)C(=O)C(C)(C)CC.CCC(C)(C)C(=O)OCC1CCCC2(C1)OCC(C)CO2.CCOC(=O)N(C)CN(C)C(=O)OCC(=O)OCOC(=O)C(C)(C)CC.CCOC(=O)N(C)CN(C)C(=O)OCC(=O)OCOC(=O)C(C)(C)CC. The third-order valence-electron chi connectivity index (χ3n) is 25.2. The van der Waals surface area contributed by atoms with Gasteiger partial charge in [-0.25, -0.2) is 33.6 Å². The van der Waals surface area contributed by atoms with E-state index in [1.54, 1.807) is 62.3 Å². The normalized spacial score (nSPS) is 26.3. The molecule has 12 fully saturated rings. The molecule has 13 atom stereocenters. The lowest BCUT2D eigenvalue weighted by Gasteiger charge is -2.44. The van der Waals surface area contributed by atoms with Crippen LogP contribution in [0, 0.1) is 57.2 Å². The second-order valence-corrected chi connectivity index (χ2v) is 36.7. The molecule has 34 nitrogen and oxygen atoms in total. The van der Waals surface area contributed by atoms with Crippen LogP contribution in [0.2, 0.25) is 0 Å². The topological polar surface area (TPSA) is 397 Å². The van der Waals surface area contributed by atoms with E-state index in [9.17, 15) is 57.5 Å². The van der Waals surface area contributed by atoms with Gasteiger partial charge in [0.2, 0.25) is 25.4 Å². The molecule has 1 spiro atoms. The maximum absolute atomic E-state index is 12.1. The molecule has 7 saturated carbocycles. The lowest BCUT2D eigenvalue weighted by Crippen LogP contribution is -2.49. The molecule has 2 bridgehead atoms. The maximum Gasteiger partial charge on any atom is 0.411 e. The van der Waals surface area contributed by atoms with Crippen molar-refractivity contribution in [1.82, 2.24) is 35.1 Å². The average molecular weight is 1750 g/mol. The summed E-state index contributed by atoms with van der Waals surface area (Å²) >= 11 is 0. The number of ether oxygens (including phenoxy) is 15. The molecule has 0 aromatic rings. The Morgan fingerprint density at radius 2 is 0.772 bits per heavy atom. The standard InChI is InChI=1S/C17H30O4.2C16H28N2O8.C12H23N3O3.C10H14O.3C6H10O/c1-5-16(3,4)15(18)19-12-14-7-6-8-17(9-14)20-10-13(2)11-21-17;2*1-7-16(3,4)13(20)26-11-25-12(19)9-24-15(22)18(6)10-17(5)14(21)23-8-2;1-6-9(16)13-8-14-11(18)15(5)10(17)12(3,4)7-2;1-2-5-6(3-1)8-4-7(5)9-10(8)11-9;3*1-2-4-6-5(3-1)7-6/h13-14H,5-12H2,1-4H3;2*7-11H2,1-6H3;6-8H2,1-5H3,(H,13,16)(H,14,18);5-10H,1-4H2;3*5-6H,1-4H2. The van der Waals surface area contributed by atoms with Gasteiger partial charge in [0.05, 0.1) is 105 Å². The summed E-state index contributed by atoms with van der Waals surface area (Å²) in [6.45, 7) is 29.0. The van der Waals surface area contributed by atoms with Crippen molar-refractivity contribution in [1.29, 1.82) is 0 Å². The van der Waals surface area contributed by atoms with E-state index in [2.05, 4.69) is 27.0 Å². The summed E-state index contributed by atoms with van der Waals surface area (Å²) in [6.07, 6.45) is 32.3. The largest absolute Gasteiger partial charge is 0.465 e. The minimum Gasteiger partial charge on any atom is -0.465 e. The zero-order valence-electron chi connectivity index (χ0n) is 78.0. The fourth-order valence-corrected chi connectivity index (χ4v) is 15.4. The van der Waals surface area contributed by atoms with Crippen molar-refractivity contribution in [3.05, 3.63) is 0 Å². The second kappa shape index (κ2) is 51.4. The molecular formula is C89H153N7O27. The predicted molar refractivity (Wildman–Crippen MR) is 452 cm³/mol. The molecule has 5 heterocycles. The van der Waals surface area contributed by atoms with Crippen LogP contribution in [0.25, 0.3) is 0 Å². The Balaban J connectivity index is 0.000000259. The molecule has 5 aliphatic heterocycles. The maximum atomic E-state index is 12.1. The molecule has 0 aromatic heterocycles. The number of nitrogens with zero attached hydrogens (tertiary/aromatic N) is 5. The van der Waals surface area contributed by atoms with Gasteiger partial charge in [0.1, 0.15) is 13.3 Å². The van der Waals surface area contributed by atoms with Crippen molar-refractivity contribution in [3.63, 3.8) is 0 Å². The quantitative estimate of drug-likeness (QED) is 0.0334. The van der Waals surface area contributed by atoms with Crippen molar-refractivity contribution < 1.29 is 129 Å². The summed E-state index contributed by atoms with van der Waals surface area (Å²) in [5.74, 6) is 1.41. The summed E-state index contributed by atoms with van der Waals surface area (Å²) in [6, 6.07) is -0.516. The highest BCUT2D eigenvalue weighted by Crippen LogP contribution is 2.65. The Bertz CT molecular complexity index is 3150. The van der Waals surface area contributed by atoms with E-state index in [1.807, 2.05) is 41.5 Å². The minimum atomic E-state index is -0.868. The van der Waals surface area contributed by atoms with E-state index < -0.39 is 103 Å². The van der Waals surface area contributed by atoms with E-state index >= 15 is 0 Å². The summed E-state index contributed by atoms with van der Waals surface area (Å²) in [5.41, 5.74) is -2.31. The number of hydrogen-bond acceptors (Lipinski definition) is 27. The number of imide groups is 1. The zero-order chi connectivity index (χ0) is 91.6. The van der Waals surface area contributed by atoms with Gasteiger partial charge in [-0.1, -0.05) is 100 Å². The molecule has 12 rings (SSSR count). The van der Waals surface area contributed by atoms with Crippen molar-refractivity contribution >= 4 is 72.1 Å². The molecule has 0 radical (unpaired) electrons. The number of carbonyl (C=O) groups is 12. The molecule has 0 aromatic carbocycles. The van der Waals surface area contributed by atoms with Gasteiger partial charge in [-0.05, 0) is 181 Å². The van der Waals surface area contributed by atoms with Gasteiger partial charge in [0.25, 0.3) is 0 Å². The van der Waals surface area contributed by atoms with Gasteiger partial charge in [0.15, 0.2) is 19.0 Å². The van der Waals surface area contributed by atoms with E-state index in [4.69, 9.17) is 61.6 Å². The first kappa shape index (κ1) is 106. The lowest BCUT2D eigenvalue weighted by molar-refractivity contribution is -0.300. The van der Waals surface area contributed by atoms with Gasteiger partial charge in [-0.2, -0.15) is 0 Å². The van der Waals surface area contributed by atoms with E-state index in [0.717, 1.165) is 106 Å². The van der Waals surface area contributed by atoms with Crippen LogP contribution >= 0.6 is 0 Å². The highest BCUT2D eigenvalue weighted by atomic mass is 16.7. The van der Waals surface area contributed by atoms with Gasteiger partial charge in [-0.15, -0.1) is 0 Å². The number of rotatable bonds is 27. The van der Waals surface area contributed by atoms with Gasteiger partial charge < -0.3 is 81.7 Å². The first-order valence-corrected chi connectivity index (χ1v) is 45.1. The zero-order valence-corrected chi connectivity index (χ0v) is 78.0. The molecule has 13 unspecified atom stereocenters. The van der Waals surface area contributed by atoms with Crippen molar-refractivity contribution in [3.8, 4) is 0 Å². The molecular weight excluding hydrogens is 1600 g/mol. The number of epoxide rings is 4. The smallest absolute Gasteiger partial charge is 0.411 e. The van der Waals surface area contributed by atoms with Crippen LogP contribution in [0.4, 0.5) is 24.0 Å². The van der Waals surface area contributed by atoms with Gasteiger partial charge >= 0.3 is 60.3 Å². The molecule has 12 aliphatic rings. The number of hydrogen-bond donors (Lipinski definition) is 2. The van der Waals surface area contributed by atoms with Crippen LogP contribution in [-0.2, 0) is 105 Å². The van der Waals surface area contributed by atoms with E-state index in [0.29, 0.717) is 80.7 Å². The third-order valence-corrected chi connectivity index (χ3v) is 25.2. The number of urea groups is 1. The second-order valence-electron chi connectivity index (χ2n) is 36.7. The Kier molecular flexibility index (Phi) is 44.4. The summed E-state index contributed by atoms with van der Waals surface area (Å²) in [4.78, 5) is 145. The monoisotopic (exact) mass is 1750 g/mol. The van der Waals surface area contributed by atoms with Crippen LogP contribution in [0.1, 0.15) is 271 Å². The van der Waals surface area contributed by atoms with Crippen LogP contribution < -0.4 is 10.6 Å². The lowest BCUT2D eigenvalue weighted by atomic mass is 9.82. The average Bonchev–Trinajstić information content (AvgIpc) is 1.53. The van der Waals surface area contributed by atoms with Crippen LogP contribution in [0.15, 0.2) is 0 Å². The number of carbonyl (C=O) groups excluding carboxylic acids is 12. The summed E-state index contributed by atoms with van der Waals surface area (Å²) < 4.78 is 77.1. The third kappa shape index (κ3) is 36.1. The van der Waals surface area contributed by atoms with Crippen molar-refractivity contribution in [2.24, 2.45) is 57.2 Å². The molecule has 7 aliphatic carbocycles. The highest BCUT2D eigenvalue weighted by molar-refractivity contribution is 5.96. The molecule has 2 N–H and O–H groups in total. The first-order valence-electron chi connectivity index (χ1n) is 45.1. The minimum absolute atomic E-state index is 0.0235. The Morgan fingerprint density at radius 1 is 0.407 bits per heavy atom. The molecule has 34 heteroatoms. The van der Waals surface area contributed by atoms with E-state index in [-0.39, 0.29) is 56.4 Å². The fraction of sp³-hybridized carbons (Fsp3) is 0.865. The van der Waals surface area contributed by atoms with Gasteiger partial charge in [-0.3, -0.25) is 48.5 Å². The Labute approximate surface area is 730 Å². The summed E-state index contributed by atoms with van der Waals surface area (Å²) in [5, 5.41) is 4.96.